The van der Waals surface area contributed by atoms with Crippen molar-refractivity contribution in [2.24, 2.45) is 0 Å². The topological polar surface area (TPSA) is 41.5 Å². The first-order valence-electron chi connectivity index (χ1n) is 5.81. The monoisotopic (exact) mass is 365 g/mol. The van der Waals surface area contributed by atoms with Crippen LogP contribution in [-0.4, -0.2) is 25.4 Å². The molecular formula is C13H16BrClO3P-. The molecule has 1 aromatic carbocycles. The summed E-state index contributed by atoms with van der Waals surface area (Å²) in [6.07, 6.45) is 0.930. The van der Waals surface area contributed by atoms with E-state index in [0.717, 1.165) is 6.42 Å². The van der Waals surface area contributed by atoms with Crippen LogP contribution in [0.2, 0.25) is 5.02 Å². The first-order valence-corrected chi connectivity index (χ1v) is 7.94. The van der Waals surface area contributed by atoms with Crippen molar-refractivity contribution in [1.82, 2.24) is 0 Å². The van der Waals surface area contributed by atoms with Crippen LogP contribution in [0.4, 0.5) is 0 Å². The second-order valence-corrected chi connectivity index (χ2v) is 6.78. The summed E-state index contributed by atoms with van der Waals surface area (Å²) in [4.78, 5) is 0. The van der Waals surface area contributed by atoms with Gasteiger partial charge in [-0.05, 0) is 34.1 Å². The van der Waals surface area contributed by atoms with Crippen LogP contribution < -0.4 is 14.6 Å². The summed E-state index contributed by atoms with van der Waals surface area (Å²) in [7, 11) is 3.72. The van der Waals surface area contributed by atoms with Gasteiger partial charge in [0.15, 0.2) is 0 Å². The summed E-state index contributed by atoms with van der Waals surface area (Å²) < 4.78 is 11.2. The van der Waals surface area contributed by atoms with Gasteiger partial charge in [-0.15, -0.1) is 13.7 Å². The Morgan fingerprint density at radius 2 is 2.00 bits per heavy atom. The zero-order chi connectivity index (χ0) is 14.6. The maximum Gasteiger partial charge on any atom is 0.147 e. The number of methoxy groups -OCH3 is 2. The molecule has 0 saturated heterocycles. The maximum absolute atomic E-state index is 12.4. The molecule has 0 heterocycles. The molecule has 19 heavy (non-hydrogen) atoms. The van der Waals surface area contributed by atoms with Crippen LogP contribution in [0, 0.1) is 0 Å². The molecule has 106 valence electrons. The number of rotatable bonds is 5. The van der Waals surface area contributed by atoms with Crippen LogP contribution in [0.1, 0.15) is 25.8 Å². The van der Waals surface area contributed by atoms with Crippen molar-refractivity contribution in [3.8, 4) is 11.5 Å². The number of hydrogen-bond donors (Lipinski definition) is 0. The van der Waals surface area contributed by atoms with Crippen LogP contribution in [-0.2, 0) is 0 Å². The second kappa shape index (κ2) is 7.49. The van der Waals surface area contributed by atoms with E-state index in [0.29, 0.717) is 34.8 Å². The van der Waals surface area contributed by atoms with E-state index in [1.807, 2.05) is 13.8 Å². The molecule has 0 radical (unpaired) electrons. The Kier molecular flexibility index (Phi) is 6.61. The average Bonchev–Trinajstić information content (AvgIpc) is 2.37. The van der Waals surface area contributed by atoms with E-state index < -0.39 is 0 Å². The van der Waals surface area contributed by atoms with E-state index in [2.05, 4.69) is 15.9 Å². The molecule has 3 nitrogen and oxygen atoms in total. The summed E-state index contributed by atoms with van der Waals surface area (Å²) in [5, 5.41) is 12.8. The molecule has 0 aliphatic rings. The number of ether oxygens (including phenoxy) is 2. The SMILES string of the molecule is CCC(C)P=C([O-])c1c(OC)c(Cl)cc(Br)c1OC. The maximum atomic E-state index is 12.4. The van der Waals surface area contributed by atoms with Crippen molar-refractivity contribution in [2.45, 2.75) is 25.9 Å². The molecule has 0 bridgehead atoms. The average molecular weight is 367 g/mol. The third kappa shape index (κ3) is 3.85. The number of halogens is 2. The Labute approximate surface area is 128 Å². The molecule has 0 aliphatic carbocycles. The zero-order valence-corrected chi connectivity index (χ0v) is 14.5. The first-order chi connectivity index (χ1) is 8.96. The molecule has 0 aromatic heterocycles. The van der Waals surface area contributed by atoms with Crippen molar-refractivity contribution < 1.29 is 14.6 Å². The van der Waals surface area contributed by atoms with Gasteiger partial charge in [-0.25, -0.2) is 0 Å². The van der Waals surface area contributed by atoms with Gasteiger partial charge in [0.1, 0.15) is 11.5 Å². The molecule has 0 spiro atoms. The minimum atomic E-state index is -0.0498. The quantitative estimate of drug-likeness (QED) is 0.746. The van der Waals surface area contributed by atoms with Crippen molar-refractivity contribution in [1.29, 1.82) is 0 Å². The molecule has 1 aromatic rings. The highest BCUT2D eigenvalue weighted by Gasteiger charge is 2.17. The Morgan fingerprint density at radius 1 is 1.42 bits per heavy atom. The van der Waals surface area contributed by atoms with Gasteiger partial charge in [-0.2, -0.15) is 0 Å². The van der Waals surface area contributed by atoms with Gasteiger partial charge in [0, 0.05) is 0 Å². The molecule has 0 N–H and O–H groups in total. The fourth-order valence-electron chi connectivity index (χ4n) is 1.53. The largest absolute Gasteiger partial charge is 0.823 e. The van der Waals surface area contributed by atoms with Gasteiger partial charge in [0.25, 0.3) is 0 Å². The molecule has 6 heteroatoms. The van der Waals surface area contributed by atoms with Gasteiger partial charge < -0.3 is 14.6 Å². The lowest BCUT2D eigenvalue weighted by Gasteiger charge is -2.22. The highest BCUT2D eigenvalue weighted by atomic mass is 79.9. The van der Waals surface area contributed by atoms with Crippen LogP contribution in [0.5, 0.6) is 11.5 Å². The minimum absolute atomic E-state index is 0.0498. The highest BCUT2D eigenvalue weighted by Crippen LogP contribution is 2.41. The highest BCUT2D eigenvalue weighted by molar-refractivity contribution is 9.10. The lowest BCUT2D eigenvalue weighted by atomic mass is 10.2. The van der Waals surface area contributed by atoms with E-state index in [1.165, 1.54) is 14.2 Å². The fourth-order valence-corrected chi connectivity index (χ4v) is 3.45. The van der Waals surface area contributed by atoms with E-state index in [9.17, 15) is 5.11 Å². The standard InChI is InChI=1S/C13H17BrClO3P/c1-5-7(2)19-13(16)10-11(17-3)8(14)6-9(15)12(10)18-4/h6-7,16H,5H2,1-4H3/p-1. The Hall–Kier alpha value is -0.280. The van der Waals surface area contributed by atoms with E-state index in [-0.39, 0.29) is 11.1 Å². The van der Waals surface area contributed by atoms with E-state index in [1.54, 1.807) is 6.07 Å². The molecule has 0 saturated carbocycles. The summed E-state index contributed by atoms with van der Waals surface area (Å²) >= 11 is 9.47. The van der Waals surface area contributed by atoms with Gasteiger partial charge in [-0.1, -0.05) is 25.4 Å². The predicted octanol–water partition coefficient (Wildman–Crippen LogP) is 3.70. The smallest absolute Gasteiger partial charge is 0.147 e. The molecular weight excluding hydrogens is 350 g/mol. The third-order valence-corrected chi connectivity index (χ3v) is 4.83. The third-order valence-electron chi connectivity index (χ3n) is 2.69. The minimum Gasteiger partial charge on any atom is -0.823 e. The first kappa shape index (κ1) is 16.8. The van der Waals surface area contributed by atoms with Gasteiger partial charge in [-0.3, -0.25) is 0 Å². The van der Waals surface area contributed by atoms with Gasteiger partial charge in [0.2, 0.25) is 0 Å². The second-order valence-electron chi connectivity index (χ2n) is 3.97. The normalized spacial score (nSPS) is 13.3. The van der Waals surface area contributed by atoms with E-state index in [4.69, 9.17) is 21.1 Å². The molecule has 1 atom stereocenters. The van der Waals surface area contributed by atoms with Crippen molar-refractivity contribution in [3.05, 3.63) is 21.1 Å². The zero-order valence-electron chi connectivity index (χ0n) is 11.3. The van der Waals surface area contributed by atoms with Crippen molar-refractivity contribution in [3.63, 3.8) is 0 Å². The van der Waals surface area contributed by atoms with Crippen LogP contribution in [0.3, 0.4) is 0 Å². The molecule has 0 aliphatic heterocycles. The Bertz CT molecular complexity index is 463. The van der Waals surface area contributed by atoms with Crippen molar-refractivity contribution in [2.75, 3.05) is 14.2 Å². The molecule has 1 rings (SSSR count). The van der Waals surface area contributed by atoms with Crippen molar-refractivity contribution >= 4 is 41.2 Å². The summed E-state index contributed by atoms with van der Waals surface area (Å²) in [5.74, 6) is 0.824. The van der Waals surface area contributed by atoms with Crippen LogP contribution in [0.25, 0.3) is 0 Å². The van der Waals surface area contributed by atoms with Gasteiger partial charge >= 0.3 is 0 Å². The lowest BCUT2D eigenvalue weighted by Crippen LogP contribution is -2.20. The number of benzene rings is 1. The molecule has 0 amide bonds. The lowest BCUT2D eigenvalue weighted by molar-refractivity contribution is -0.207. The summed E-state index contributed by atoms with van der Waals surface area (Å²) in [5.41, 5.74) is 0.622. The van der Waals surface area contributed by atoms with Crippen LogP contribution >= 0.6 is 35.7 Å². The molecule has 0 fully saturated rings. The fraction of sp³-hybridized carbons (Fsp3) is 0.462. The van der Waals surface area contributed by atoms with Crippen LogP contribution in [0.15, 0.2) is 10.5 Å². The Morgan fingerprint density at radius 3 is 2.47 bits per heavy atom. The Balaban J connectivity index is 3.50. The summed E-state index contributed by atoms with van der Waals surface area (Å²) in [6.45, 7) is 4.07. The number of hydrogen-bond acceptors (Lipinski definition) is 3. The predicted molar refractivity (Wildman–Crippen MR) is 83.0 cm³/mol. The summed E-state index contributed by atoms with van der Waals surface area (Å²) in [6, 6.07) is 1.66. The van der Waals surface area contributed by atoms with E-state index >= 15 is 0 Å². The van der Waals surface area contributed by atoms with Gasteiger partial charge in [0.05, 0.1) is 29.3 Å². The molecule has 1 unspecified atom stereocenters.